The number of carbonyl (C=O) groups excluding carboxylic acids is 1. The van der Waals surface area contributed by atoms with Crippen molar-refractivity contribution in [2.24, 2.45) is 0 Å². The molecule has 0 spiro atoms. The second-order valence-electron chi connectivity index (χ2n) is 7.45. The SMILES string of the molecule is COc1ccc2c(c1)C(C(=O)N1CCC(n3cc(C(=O)O)nn3)CC1)CCC2. The van der Waals surface area contributed by atoms with Gasteiger partial charge in [0, 0.05) is 13.1 Å². The van der Waals surface area contributed by atoms with Gasteiger partial charge in [-0.3, -0.25) is 4.79 Å². The summed E-state index contributed by atoms with van der Waals surface area (Å²) in [6.45, 7) is 1.28. The van der Waals surface area contributed by atoms with Gasteiger partial charge in [0.15, 0.2) is 5.69 Å². The number of rotatable bonds is 4. The summed E-state index contributed by atoms with van der Waals surface area (Å²) in [7, 11) is 1.64. The molecule has 1 aliphatic carbocycles. The molecular formula is C20H24N4O4. The van der Waals surface area contributed by atoms with Crippen molar-refractivity contribution in [2.75, 3.05) is 20.2 Å². The minimum absolute atomic E-state index is 0.0498. The van der Waals surface area contributed by atoms with Crippen LogP contribution < -0.4 is 4.74 Å². The zero-order valence-electron chi connectivity index (χ0n) is 15.9. The van der Waals surface area contributed by atoms with E-state index in [1.807, 2.05) is 17.0 Å². The number of aromatic nitrogens is 3. The minimum atomic E-state index is -1.08. The van der Waals surface area contributed by atoms with Gasteiger partial charge in [-0.15, -0.1) is 5.10 Å². The highest BCUT2D eigenvalue weighted by atomic mass is 16.5. The van der Waals surface area contributed by atoms with E-state index in [0.717, 1.165) is 43.4 Å². The molecule has 8 nitrogen and oxygen atoms in total. The van der Waals surface area contributed by atoms with E-state index in [9.17, 15) is 9.59 Å². The first-order chi connectivity index (χ1) is 13.6. The fourth-order valence-corrected chi connectivity index (χ4v) is 4.29. The topological polar surface area (TPSA) is 97.5 Å². The Morgan fingerprint density at radius 1 is 1.21 bits per heavy atom. The predicted molar refractivity (Wildman–Crippen MR) is 101 cm³/mol. The standard InChI is InChI=1S/C20H24N4O4/c1-28-15-6-5-13-3-2-4-16(17(13)11-15)19(25)23-9-7-14(8-10-23)24-12-18(20(26)27)21-22-24/h5-6,11-12,14,16H,2-4,7-10H2,1H3,(H,26,27). The molecule has 0 bridgehead atoms. The zero-order chi connectivity index (χ0) is 19.7. The van der Waals surface area contributed by atoms with Crippen LogP contribution in [0.2, 0.25) is 0 Å². The lowest BCUT2D eigenvalue weighted by Crippen LogP contribution is -2.42. The van der Waals surface area contributed by atoms with Gasteiger partial charge < -0.3 is 14.7 Å². The van der Waals surface area contributed by atoms with Gasteiger partial charge in [-0.2, -0.15) is 0 Å². The molecule has 1 aromatic carbocycles. The molecule has 0 saturated carbocycles. The average Bonchev–Trinajstić information content (AvgIpc) is 3.23. The highest BCUT2D eigenvalue weighted by molar-refractivity contribution is 5.85. The second kappa shape index (κ2) is 7.61. The summed E-state index contributed by atoms with van der Waals surface area (Å²) in [5, 5.41) is 16.6. The summed E-state index contributed by atoms with van der Waals surface area (Å²) in [6, 6.07) is 6.11. The molecule has 1 saturated heterocycles. The smallest absolute Gasteiger partial charge is 0.358 e. The summed E-state index contributed by atoms with van der Waals surface area (Å²) in [5.74, 6) is -0.222. The van der Waals surface area contributed by atoms with Crippen molar-refractivity contribution in [3.8, 4) is 5.75 Å². The van der Waals surface area contributed by atoms with Crippen molar-refractivity contribution in [1.29, 1.82) is 0 Å². The predicted octanol–water partition coefficient (Wildman–Crippen LogP) is 2.27. The molecule has 1 atom stereocenters. The van der Waals surface area contributed by atoms with Gasteiger partial charge in [0.05, 0.1) is 25.3 Å². The molecule has 1 amide bonds. The third-order valence-electron chi connectivity index (χ3n) is 5.85. The second-order valence-corrected chi connectivity index (χ2v) is 7.45. The van der Waals surface area contributed by atoms with E-state index in [1.165, 1.54) is 11.8 Å². The first-order valence-electron chi connectivity index (χ1n) is 9.67. The van der Waals surface area contributed by atoms with Crippen LogP contribution in [0.3, 0.4) is 0 Å². The number of amides is 1. The van der Waals surface area contributed by atoms with Crippen molar-refractivity contribution in [3.05, 3.63) is 41.2 Å². The molecular weight excluding hydrogens is 360 g/mol. The number of hydrogen-bond acceptors (Lipinski definition) is 5. The first-order valence-corrected chi connectivity index (χ1v) is 9.67. The van der Waals surface area contributed by atoms with Gasteiger partial charge in [-0.25, -0.2) is 9.48 Å². The molecule has 2 heterocycles. The molecule has 1 fully saturated rings. The number of carbonyl (C=O) groups is 2. The normalized spacial score (nSPS) is 19.9. The molecule has 1 N–H and O–H groups in total. The number of piperidine rings is 1. The van der Waals surface area contributed by atoms with E-state index in [1.54, 1.807) is 11.8 Å². The molecule has 1 aromatic heterocycles. The van der Waals surface area contributed by atoms with Crippen LogP contribution in [0, 0.1) is 0 Å². The summed E-state index contributed by atoms with van der Waals surface area (Å²) >= 11 is 0. The van der Waals surface area contributed by atoms with E-state index in [-0.39, 0.29) is 23.6 Å². The molecule has 2 aliphatic rings. The molecule has 28 heavy (non-hydrogen) atoms. The molecule has 1 unspecified atom stereocenters. The van der Waals surface area contributed by atoms with Crippen molar-refractivity contribution in [3.63, 3.8) is 0 Å². The lowest BCUT2D eigenvalue weighted by atomic mass is 9.81. The Morgan fingerprint density at radius 3 is 2.68 bits per heavy atom. The number of fused-ring (bicyclic) bond motifs is 1. The zero-order valence-corrected chi connectivity index (χ0v) is 15.9. The van der Waals surface area contributed by atoms with Crippen LogP contribution >= 0.6 is 0 Å². The number of likely N-dealkylation sites (tertiary alicyclic amines) is 1. The first kappa shape index (κ1) is 18.5. The van der Waals surface area contributed by atoms with Gasteiger partial charge in [0.25, 0.3) is 0 Å². The Hall–Kier alpha value is -2.90. The largest absolute Gasteiger partial charge is 0.497 e. The van der Waals surface area contributed by atoms with Crippen LogP contribution in [-0.2, 0) is 11.2 Å². The number of carboxylic acids is 1. The quantitative estimate of drug-likeness (QED) is 0.868. The van der Waals surface area contributed by atoms with Gasteiger partial charge in [0.2, 0.25) is 5.91 Å². The number of carboxylic acid groups (broad SMARTS) is 1. The number of methoxy groups -OCH3 is 1. The van der Waals surface area contributed by atoms with Crippen LogP contribution in [0.1, 0.15) is 59.3 Å². The summed E-state index contributed by atoms with van der Waals surface area (Å²) in [5.41, 5.74) is 2.29. The van der Waals surface area contributed by atoms with Gasteiger partial charge in [-0.1, -0.05) is 11.3 Å². The van der Waals surface area contributed by atoms with Gasteiger partial charge in [-0.05, 0) is 55.4 Å². The molecule has 148 valence electrons. The van der Waals surface area contributed by atoms with Crippen molar-refractivity contribution in [2.45, 2.75) is 44.1 Å². The Balaban J connectivity index is 1.44. The molecule has 1 aliphatic heterocycles. The maximum atomic E-state index is 13.2. The third kappa shape index (κ3) is 3.46. The van der Waals surface area contributed by atoms with Crippen molar-refractivity contribution < 1.29 is 19.4 Å². The molecule has 0 radical (unpaired) electrons. The fourth-order valence-electron chi connectivity index (χ4n) is 4.29. The van der Waals surface area contributed by atoms with E-state index in [4.69, 9.17) is 9.84 Å². The highest BCUT2D eigenvalue weighted by Gasteiger charge is 2.33. The number of aromatic carboxylic acids is 1. The number of ether oxygens (including phenoxy) is 1. The van der Waals surface area contributed by atoms with Crippen LogP contribution in [0.25, 0.3) is 0 Å². The highest BCUT2D eigenvalue weighted by Crippen LogP contribution is 2.36. The van der Waals surface area contributed by atoms with Crippen molar-refractivity contribution >= 4 is 11.9 Å². The van der Waals surface area contributed by atoms with Crippen LogP contribution in [-0.4, -0.2) is 57.1 Å². The lowest BCUT2D eigenvalue weighted by Gasteiger charge is -2.35. The lowest BCUT2D eigenvalue weighted by molar-refractivity contribution is -0.134. The molecule has 2 aromatic rings. The van der Waals surface area contributed by atoms with E-state index in [2.05, 4.69) is 16.4 Å². The number of hydrogen-bond donors (Lipinski definition) is 1. The maximum absolute atomic E-state index is 13.2. The monoisotopic (exact) mass is 384 g/mol. The Kier molecular flexibility index (Phi) is 5.02. The van der Waals surface area contributed by atoms with E-state index >= 15 is 0 Å². The summed E-state index contributed by atoms with van der Waals surface area (Å²) in [4.78, 5) is 26.1. The summed E-state index contributed by atoms with van der Waals surface area (Å²) in [6.07, 6.45) is 5.84. The van der Waals surface area contributed by atoms with Crippen LogP contribution in [0.15, 0.2) is 24.4 Å². The number of aryl methyl sites for hydroxylation is 1. The van der Waals surface area contributed by atoms with Crippen LogP contribution in [0.5, 0.6) is 5.75 Å². The fraction of sp³-hybridized carbons (Fsp3) is 0.500. The maximum Gasteiger partial charge on any atom is 0.358 e. The summed E-state index contributed by atoms with van der Waals surface area (Å²) < 4.78 is 6.97. The molecule has 8 heteroatoms. The number of benzene rings is 1. The Bertz CT molecular complexity index is 886. The van der Waals surface area contributed by atoms with Gasteiger partial charge >= 0.3 is 5.97 Å². The molecule has 4 rings (SSSR count). The minimum Gasteiger partial charge on any atom is -0.497 e. The average molecular weight is 384 g/mol. The Morgan fingerprint density at radius 2 is 2.00 bits per heavy atom. The van der Waals surface area contributed by atoms with Gasteiger partial charge in [0.1, 0.15) is 5.75 Å². The number of nitrogens with zero attached hydrogens (tertiary/aromatic N) is 4. The third-order valence-corrected chi connectivity index (χ3v) is 5.85. The van der Waals surface area contributed by atoms with Crippen molar-refractivity contribution in [1.82, 2.24) is 19.9 Å². The van der Waals surface area contributed by atoms with E-state index < -0.39 is 5.97 Å². The Labute approximate surface area is 163 Å². The van der Waals surface area contributed by atoms with E-state index in [0.29, 0.717) is 13.1 Å². The van der Waals surface area contributed by atoms with Crippen LogP contribution in [0.4, 0.5) is 0 Å².